The molecule has 1 saturated heterocycles. The Morgan fingerprint density at radius 2 is 1.86 bits per heavy atom. The fourth-order valence-corrected chi connectivity index (χ4v) is 2.35. The van der Waals surface area contributed by atoms with Crippen LogP contribution in [-0.4, -0.2) is 59.9 Å². The lowest BCUT2D eigenvalue weighted by atomic mass is 9.85. The summed E-state index contributed by atoms with van der Waals surface area (Å²) in [6.07, 6.45) is 0.708. The lowest BCUT2D eigenvalue weighted by molar-refractivity contribution is -0.222. The number of piperidine rings is 1. The van der Waals surface area contributed by atoms with E-state index in [-0.39, 0.29) is 19.7 Å². The third-order valence-electron chi connectivity index (χ3n) is 4.10. The van der Waals surface area contributed by atoms with E-state index in [4.69, 9.17) is 4.74 Å². The number of rotatable bonds is 5. The van der Waals surface area contributed by atoms with Gasteiger partial charge in [0.1, 0.15) is 5.60 Å². The van der Waals surface area contributed by atoms with Crippen LogP contribution in [0.3, 0.4) is 0 Å². The minimum absolute atomic E-state index is 0.0883. The zero-order chi connectivity index (χ0) is 16.4. The van der Waals surface area contributed by atoms with E-state index in [0.29, 0.717) is 12.5 Å². The minimum Gasteiger partial charge on any atom is -0.461 e. The van der Waals surface area contributed by atoms with Crippen LogP contribution < -0.4 is 0 Å². The van der Waals surface area contributed by atoms with Crippen LogP contribution in [0.25, 0.3) is 0 Å². The molecule has 1 aliphatic carbocycles. The predicted molar refractivity (Wildman–Crippen MR) is 71.4 cm³/mol. The number of alkyl halides is 2. The van der Waals surface area contributed by atoms with Gasteiger partial charge in [0.2, 0.25) is 0 Å². The number of hydrogen-bond donors (Lipinski definition) is 1. The molecule has 1 heterocycles. The van der Waals surface area contributed by atoms with Crippen molar-refractivity contribution >= 4 is 12.1 Å². The fraction of sp³-hybridized carbons (Fsp3) is 0.857. The lowest BCUT2D eigenvalue weighted by Gasteiger charge is -2.40. The fourth-order valence-electron chi connectivity index (χ4n) is 2.35. The lowest BCUT2D eigenvalue weighted by Crippen LogP contribution is -2.59. The van der Waals surface area contributed by atoms with Gasteiger partial charge in [0.05, 0.1) is 13.2 Å². The van der Waals surface area contributed by atoms with Crippen LogP contribution in [0, 0.1) is 5.92 Å². The van der Waals surface area contributed by atoms with Crippen molar-refractivity contribution in [1.82, 2.24) is 4.90 Å². The number of halogens is 2. The summed E-state index contributed by atoms with van der Waals surface area (Å²) in [5.41, 5.74) is -2.49. The summed E-state index contributed by atoms with van der Waals surface area (Å²) in [4.78, 5) is 24.4. The van der Waals surface area contributed by atoms with E-state index in [1.54, 1.807) is 0 Å². The Hall–Kier alpha value is -1.44. The maximum Gasteiger partial charge on any atom is 0.409 e. The van der Waals surface area contributed by atoms with Gasteiger partial charge in [-0.05, 0) is 25.7 Å². The van der Waals surface area contributed by atoms with Crippen molar-refractivity contribution in [3.8, 4) is 0 Å². The zero-order valence-electron chi connectivity index (χ0n) is 12.5. The van der Waals surface area contributed by atoms with E-state index >= 15 is 0 Å². The van der Waals surface area contributed by atoms with E-state index < -0.39 is 36.4 Å². The molecule has 6 nitrogen and oxygen atoms in total. The van der Waals surface area contributed by atoms with E-state index in [2.05, 4.69) is 4.74 Å². The molecule has 1 saturated carbocycles. The summed E-state index contributed by atoms with van der Waals surface area (Å²) in [6.45, 7) is 1.39. The van der Waals surface area contributed by atoms with Gasteiger partial charge in [0.15, 0.2) is 0 Å². The van der Waals surface area contributed by atoms with Gasteiger partial charge in [0.25, 0.3) is 0 Å². The van der Waals surface area contributed by atoms with E-state index in [9.17, 15) is 23.5 Å². The highest BCUT2D eigenvalue weighted by atomic mass is 19.3. The summed E-state index contributed by atoms with van der Waals surface area (Å²) in [6, 6.07) is 0. The summed E-state index contributed by atoms with van der Waals surface area (Å²) in [5, 5.41) is 10.1. The quantitative estimate of drug-likeness (QED) is 0.778. The van der Waals surface area contributed by atoms with Gasteiger partial charge < -0.3 is 19.5 Å². The molecular formula is C14H21F2NO5. The first-order valence-corrected chi connectivity index (χ1v) is 7.49. The van der Waals surface area contributed by atoms with Crippen LogP contribution in [0.1, 0.15) is 32.6 Å². The summed E-state index contributed by atoms with van der Waals surface area (Å²) < 4.78 is 37.4. The van der Waals surface area contributed by atoms with Gasteiger partial charge in [-0.25, -0.2) is 9.59 Å². The number of amides is 1. The third kappa shape index (κ3) is 3.48. The smallest absolute Gasteiger partial charge is 0.409 e. The molecular weight excluding hydrogens is 300 g/mol. The van der Waals surface area contributed by atoms with E-state index in [0.717, 1.165) is 12.8 Å². The second-order valence-electron chi connectivity index (χ2n) is 5.83. The van der Waals surface area contributed by atoms with Crippen LogP contribution in [0.4, 0.5) is 13.6 Å². The normalized spacial score (nSPS) is 21.4. The topological polar surface area (TPSA) is 76.1 Å². The SMILES string of the molecule is CCOC(=O)C(F)(F)C1(O)CCN(C(=O)OCC2CC2)CC1. The van der Waals surface area contributed by atoms with Crippen LogP contribution in [0.5, 0.6) is 0 Å². The number of likely N-dealkylation sites (tertiary alicyclic amines) is 1. The second kappa shape index (κ2) is 6.36. The van der Waals surface area contributed by atoms with Gasteiger partial charge in [0, 0.05) is 25.9 Å². The standard InChI is InChI=1S/C14H21F2NO5/c1-2-21-11(18)14(15,16)13(20)5-7-17(8-6-13)12(19)22-9-10-3-4-10/h10,20H,2-9H2,1H3. The Morgan fingerprint density at radius 1 is 1.27 bits per heavy atom. The molecule has 2 rings (SSSR count). The van der Waals surface area contributed by atoms with Gasteiger partial charge in [-0.2, -0.15) is 8.78 Å². The van der Waals surface area contributed by atoms with Crippen LogP contribution in [0.15, 0.2) is 0 Å². The van der Waals surface area contributed by atoms with Gasteiger partial charge >= 0.3 is 18.0 Å². The number of carbonyl (C=O) groups excluding carboxylic acids is 2. The van der Waals surface area contributed by atoms with Crippen molar-refractivity contribution in [1.29, 1.82) is 0 Å². The maximum absolute atomic E-state index is 14.0. The molecule has 1 amide bonds. The average molecular weight is 321 g/mol. The highest BCUT2D eigenvalue weighted by Crippen LogP contribution is 2.38. The Kier molecular flexibility index (Phi) is 4.89. The molecule has 0 atom stereocenters. The molecule has 1 aliphatic heterocycles. The zero-order valence-corrected chi connectivity index (χ0v) is 12.5. The van der Waals surface area contributed by atoms with Crippen molar-refractivity contribution in [3.05, 3.63) is 0 Å². The number of esters is 1. The Bertz CT molecular complexity index is 431. The molecule has 2 aliphatic rings. The molecule has 0 spiro atoms. The predicted octanol–water partition coefficient (Wildman–Crippen LogP) is 1.56. The van der Waals surface area contributed by atoms with Crippen molar-refractivity contribution in [2.24, 2.45) is 5.92 Å². The molecule has 22 heavy (non-hydrogen) atoms. The molecule has 126 valence electrons. The average Bonchev–Trinajstić information content (AvgIpc) is 3.30. The maximum atomic E-state index is 14.0. The minimum atomic E-state index is -3.99. The molecule has 0 aromatic carbocycles. The Labute approximate surface area is 127 Å². The van der Waals surface area contributed by atoms with Crippen molar-refractivity contribution in [3.63, 3.8) is 0 Å². The van der Waals surface area contributed by atoms with Gasteiger partial charge in [-0.1, -0.05) is 0 Å². The second-order valence-corrected chi connectivity index (χ2v) is 5.83. The Morgan fingerprint density at radius 3 is 2.36 bits per heavy atom. The van der Waals surface area contributed by atoms with E-state index in [1.807, 2.05) is 0 Å². The first-order chi connectivity index (χ1) is 10.3. The number of ether oxygens (including phenoxy) is 2. The Balaban J connectivity index is 1.88. The van der Waals surface area contributed by atoms with Gasteiger partial charge in [-0.3, -0.25) is 0 Å². The van der Waals surface area contributed by atoms with Crippen molar-refractivity contribution < 1.29 is 33.0 Å². The molecule has 0 aromatic heterocycles. The summed E-state index contributed by atoms with van der Waals surface area (Å²) in [5.74, 6) is -5.31. The first-order valence-electron chi connectivity index (χ1n) is 7.49. The van der Waals surface area contributed by atoms with Crippen molar-refractivity contribution in [2.45, 2.75) is 44.1 Å². The first kappa shape index (κ1) is 16.9. The molecule has 2 fully saturated rings. The van der Waals surface area contributed by atoms with Gasteiger partial charge in [-0.15, -0.1) is 0 Å². The molecule has 0 radical (unpaired) electrons. The van der Waals surface area contributed by atoms with Crippen molar-refractivity contribution in [2.75, 3.05) is 26.3 Å². The highest BCUT2D eigenvalue weighted by Gasteiger charge is 2.60. The largest absolute Gasteiger partial charge is 0.461 e. The third-order valence-corrected chi connectivity index (χ3v) is 4.10. The van der Waals surface area contributed by atoms with Crippen LogP contribution >= 0.6 is 0 Å². The molecule has 1 N–H and O–H groups in total. The monoisotopic (exact) mass is 321 g/mol. The molecule has 0 unspecified atom stereocenters. The van der Waals surface area contributed by atoms with E-state index in [1.165, 1.54) is 11.8 Å². The number of carbonyl (C=O) groups is 2. The summed E-state index contributed by atoms with van der Waals surface area (Å²) in [7, 11) is 0. The number of nitrogens with zero attached hydrogens (tertiary/aromatic N) is 1. The van der Waals surface area contributed by atoms with Crippen LogP contribution in [0.2, 0.25) is 0 Å². The number of hydrogen-bond acceptors (Lipinski definition) is 5. The number of aliphatic hydroxyl groups is 1. The van der Waals surface area contributed by atoms with Crippen LogP contribution in [-0.2, 0) is 14.3 Å². The molecule has 0 bridgehead atoms. The highest BCUT2D eigenvalue weighted by molar-refractivity contribution is 5.79. The summed E-state index contributed by atoms with van der Waals surface area (Å²) >= 11 is 0. The molecule has 8 heteroatoms. The molecule has 0 aromatic rings.